The first kappa shape index (κ1) is 20.1. The predicted octanol–water partition coefficient (Wildman–Crippen LogP) is 5.23. The summed E-state index contributed by atoms with van der Waals surface area (Å²) in [6.07, 6.45) is 0.823. The average molecular weight is 397 g/mol. The molecule has 0 saturated carbocycles. The van der Waals surface area contributed by atoms with Crippen LogP contribution in [0.15, 0.2) is 60.7 Å². The summed E-state index contributed by atoms with van der Waals surface area (Å²) in [5.41, 5.74) is 0.908. The van der Waals surface area contributed by atoms with Gasteiger partial charge in [0.15, 0.2) is 11.5 Å². The molecule has 0 saturated heterocycles. The van der Waals surface area contributed by atoms with E-state index >= 15 is 0 Å². The number of benzene rings is 2. The SMILES string of the molecule is COCCOc1cc(CC(=O)Cc2ccc(C)s2)ccc1Oc1ccccc1. The maximum atomic E-state index is 12.5. The molecular formula is C23H24O4S. The summed E-state index contributed by atoms with van der Waals surface area (Å²) >= 11 is 1.67. The average Bonchev–Trinajstić information content (AvgIpc) is 3.09. The number of methoxy groups -OCH3 is 1. The second-order valence-corrected chi connectivity index (χ2v) is 7.81. The molecule has 0 atom stereocenters. The van der Waals surface area contributed by atoms with Crippen LogP contribution in [0, 0.1) is 6.92 Å². The number of thiophene rings is 1. The molecule has 3 rings (SSSR count). The minimum atomic E-state index is 0.182. The summed E-state index contributed by atoms with van der Waals surface area (Å²) in [4.78, 5) is 14.8. The molecule has 3 aromatic rings. The first-order chi connectivity index (χ1) is 13.6. The molecule has 4 nitrogen and oxygen atoms in total. The minimum Gasteiger partial charge on any atom is -0.487 e. The molecule has 0 fully saturated rings. The lowest BCUT2D eigenvalue weighted by molar-refractivity contribution is -0.117. The van der Waals surface area contributed by atoms with Crippen molar-refractivity contribution in [2.75, 3.05) is 20.3 Å². The van der Waals surface area contributed by atoms with Crippen LogP contribution in [-0.2, 0) is 22.4 Å². The summed E-state index contributed by atoms with van der Waals surface area (Å²) in [6, 6.07) is 19.3. The fourth-order valence-corrected chi connectivity index (χ4v) is 3.69. The summed E-state index contributed by atoms with van der Waals surface area (Å²) in [5, 5.41) is 0. The second-order valence-electron chi connectivity index (χ2n) is 6.44. The molecule has 0 aliphatic heterocycles. The number of para-hydroxylation sites is 1. The van der Waals surface area contributed by atoms with Crippen molar-refractivity contribution in [3.8, 4) is 17.2 Å². The van der Waals surface area contributed by atoms with Crippen LogP contribution >= 0.6 is 11.3 Å². The van der Waals surface area contributed by atoms with Gasteiger partial charge in [-0.05, 0) is 48.9 Å². The highest BCUT2D eigenvalue weighted by Crippen LogP contribution is 2.33. The number of hydrogen-bond donors (Lipinski definition) is 0. The van der Waals surface area contributed by atoms with Gasteiger partial charge in [-0.15, -0.1) is 11.3 Å². The van der Waals surface area contributed by atoms with Crippen LogP contribution in [0.3, 0.4) is 0 Å². The molecule has 1 aromatic heterocycles. The Morgan fingerprint density at radius 3 is 2.46 bits per heavy atom. The molecule has 0 unspecified atom stereocenters. The van der Waals surface area contributed by atoms with Gasteiger partial charge in [-0.1, -0.05) is 24.3 Å². The smallest absolute Gasteiger partial charge is 0.169 e. The number of aryl methyl sites for hydroxylation is 1. The van der Waals surface area contributed by atoms with Gasteiger partial charge in [0.1, 0.15) is 18.1 Å². The van der Waals surface area contributed by atoms with Crippen molar-refractivity contribution in [1.82, 2.24) is 0 Å². The van der Waals surface area contributed by atoms with E-state index in [9.17, 15) is 4.79 Å². The van der Waals surface area contributed by atoms with Crippen molar-refractivity contribution in [1.29, 1.82) is 0 Å². The van der Waals surface area contributed by atoms with Crippen LogP contribution in [0.2, 0.25) is 0 Å². The fourth-order valence-electron chi connectivity index (χ4n) is 2.77. The van der Waals surface area contributed by atoms with Crippen molar-refractivity contribution >= 4 is 17.1 Å². The van der Waals surface area contributed by atoms with Gasteiger partial charge in [-0.2, -0.15) is 0 Å². The summed E-state index contributed by atoms with van der Waals surface area (Å²) in [5.74, 6) is 2.14. The van der Waals surface area contributed by atoms with Crippen molar-refractivity contribution in [3.05, 3.63) is 76.0 Å². The third-order valence-electron chi connectivity index (χ3n) is 4.09. The standard InChI is InChI=1S/C23H24O4S/c1-17-8-10-21(28-17)16-19(24)14-18-9-11-22(23(15-18)26-13-12-25-2)27-20-6-4-3-5-7-20/h3-11,15H,12-14,16H2,1-2H3. The Hall–Kier alpha value is -2.63. The third-order valence-corrected chi connectivity index (χ3v) is 5.09. The summed E-state index contributed by atoms with van der Waals surface area (Å²) in [6.45, 7) is 2.94. The normalized spacial score (nSPS) is 10.6. The highest BCUT2D eigenvalue weighted by Gasteiger charge is 2.12. The van der Waals surface area contributed by atoms with E-state index in [1.807, 2.05) is 67.6 Å². The lowest BCUT2D eigenvalue weighted by Crippen LogP contribution is -2.08. The molecule has 0 aliphatic rings. The molecule has 0 radical (unpaired) electrons. The van der Waals surface area contributed by atoms with Gasteiger partial charge in [-0.25, -0.2) is 0 Å². The van der Waals surface area contributed by atoms with Gasteiger partial charge >= 0.3 is 0 Å². The Bertz CT molecular complexity index is 902. The number of carbonyl (C=O) groups is 1. The van der Waals surface area contributed by atoms with E-state index in [1.54, 1.807) is 18.4 Å². The topological polar surface area (TPSA) is 44.8 Å². The van der Waals surface area contributed by atoms with Crippen molar-refractivity contribution < 1.29 is 19.0 Å². The number of rotatable bonds is 10. The van der Waals surface area contributed by atoms with Gasteiger partial charge < -0.3 is 14.2 Å². The van der Waals surface area contributed by atoms with Gasteiger partial charge in [0.05, 0.1) is 6.61 Å². The number of ether oxygens (including phenoxy) is 3. The maximum absolute atomic E-state index is 12.5. The maximum Gasteiger partial charge on any atom is 0.169 e. The zero-order valence-electron chi connectivity index (χ0n) is 16.1. The van der Waals surface area contributed by atoms with Gasteiger partial charge in [0.25, 0.3) is 0 Å². The van der Waals surface area contributed by atoms with E-state index in [4.69, 9.17) is 14.2 Å². The molecule has 28 heavy (non-hydrogen) atoms. The Labute approximate surface area is 169 Å². The Morgan fingerprint density at radius 1 is 0.929 bits per heavy atom. The molecule has 0 spiro atoms. The quantitative estimate of drug-likeness (QED) is 0.440. The zero-order chi connectivity index (χ0) is 19.8. The van der Waals surface area contributed by atoms with Gasteiger partial charge in [0, 0.05) is 29.7 Å². The number of Topliss-reactive ketones (excluding diaryl/α,β-unsaturated/α-hetero) is 1. The number of hydrogen-bond acceptors (Lipinski definition) is 5. The first-order valence-corrected chi connectivity index (χ1v) is 10.0. The fraction of sp³-hybridized carbons (Fsp3) is 0.261. The molecule has 0 bridgehead atoms. The van der Waals surface area contributed by atoms with Crippen LogP contribution in [-0.4, -0.2) is 26.1 Å². The Balaban J connectivity index is 1.72. The second kappa shape index (κ2) is 10.1. The van der Waals surface area contributed by atoms with Crippen LogP contribution in [0.25, 0.3) is 0 Å². The van der Waals surface area contributed by atoms with E-state index < -0.39 is 0 Å². The molecular weight excluding hydrogens is 372 g/mol. The van der Waals surface area contributed by atoms with Crippen molar-refractivity contribution in [2.45, 2.75) is 19.8 Å². The number of carbonyl (C=O) groups excluding carboxylic acids is 1. The van der Waals surface area contributed by atoms with E-state index in [0.717, 1.165) is 16.2 Å². The van der Waals surface area contributed by atoms with Gasteiger partial charge in [0.2, 0.25) is 0 Å². The monoisotopic (exact) mass is 396 g/mol. The zero-order valence-corrected chi connectivity index (χ0v) is 17.0. The van der Waals surface area contributed by atoms with E-state index in [1.165, 1.54) is 4.88 Å². The first-order valence-electron chi connectivity index (χ1n) is 9.18. The molecule has 1 heterocycles. The summed E-state index contributed by atoms with van der Waals surface area (Å²) < 4.78 is 16.8. The molecule has 2 aromatic carbocycles. The van der Waals surface area contributed by atoms with E-state index in [-0.39, 0.29) is 5.78 Å². The van der Waals surface area contributed by atoms with Crippen LogP contribution < -0.4 is 9.47 Å². The van der Waals surface area contributed by atoms with E-state index in [0.29, 0.717) is 37.6 Å². The predicted molar refractivity (Wildman–Crippen MR) is 112 cm³/mol. The largest absolute Gasteiger partial charge is 0.487 e. The van der Waals surface area contributed by atoms with Crippen LogP contribution in [0.5, 0.6) is 17.2 Å². The molecule has 146 valence electrons. The lowest BCUT2D eigenvalue weighted by atomic mass is 10.1. The molecule has 0 amide bonds. The molecule has 0 N–H and O–H groups in total. The van der Waals surface area contributed by atoms with Gasteiger partial charge in [-0.3, -0.25) is 4.79 Å². The third kappa shape index (κ3) is 5.94. The van der Waals surface area contributed by atoms with Crippen molar-refractivity contribution in [3.63, 3.8) is 0 Å². The Kier molecular flexibility index (Phi) is 7.23. The van der Waals surface area contributed by atoms with Crippen molar-refractivity contribution in [2.24, 2.45) is 0 Å². The van der Waals surface area contributed by atoms with Crippen LogP contribution in [0.4, 0.5) is 0 Å². The van der Waals surface area contributed by atoms with E-state index in [2.05, 4.69) is 0 Å². The summed E-state index contributed by atoms with van der Waals surface area (Å²) in [7, 11) is 1.63. The highest BCUT2D eigenvalue weighted by atomic mass is 32.1. The van der Waals surface area contributed by atoms with Crippen LogP contribution in [0.1, 0.15) is 15.3 Å². The molecule has 5 heteroatoms. The highest BCUT2D eigenvalue weighted by molar-refractivity contribution is 7.12. The minimum absolute atomic E-state index is 0.182. The Morgan fingerprint density at radius 2 is 1.75 bits per heavy atom. The molecule has 0 aliphatic carbocycles. The number of ketones is 1. The lowest BCUT2D eigenvalue weighted by Gasteiger charge is -2.14.